The first-order valence-corrected chi connectivity index (χ1v) is 7.66. The van der Waals surface area contributed by atoms with Crippen LogP contribution in [0.2, 0.25) is 0 Å². The van der Waals surface area contributed by atoms with Crippen LogP contribution in [-0.4, -0.2) is 36.3 Å². The van der Waals surface area contributed by atoms with Gasteiger partial charge in [0.05, 0.1) is 6.61 Å². The Hall–Kier alpha value is -1.36. The van der Waals surface area contributed by atoms with Crippen molar-refractivity contribution < 1.29 is 9.47 Å². The molecule has 0 spiro atoms. The summed E-state index contributed by atoms with van der Waals surface area (Å²) in [6.07, 6.45) is 4.35. The molecular weight excluding hydrogens is 254 g/mol. The number of nitrogens with one attached hydrogen (secondary N) is 1. The van der Waals surface area contributed by atoms with Gasteiger partial charge in [-0.05, 0) is 32.6 Å². The molecule has 20 heavy (non-hydrogen) atoms. The SMILES string of the molecule is CCCOc1cc(NCCCOCC)nc(C2CC2)n1. The Morgan fingerprint density at radius 3 is 2.80 bits per heavy atom. The highest BCUT2D eigenvalue weighted by atomic mass is 16.5. The van der Waals surface area contributed by atoms with Crippen molar-refractivity contribution >= 4 is 5.82 Å². The molecule has 1 saturated carbocycles. The molecule has 0 amide bonds. The third kappa shape index (κ3) is 4.96. The molecule has 1 aromatic heterocycles. The zero-order chi connectivity index (χ0) is 14.2. The van der Waals surface area contributed by atoms with E-state index in [4.69, 9.17) is 9.47 Å². The second kappa shape index (κ2) is 8.04. The summed E-state index contributed by atoms with van der Waals surface area (Å²) in [5, 5.41) is 3.33. The molecule has 0 aromatic carbocycles. The predicted molar refractivity (Wildman–Crippen MR) is 79.4 cm³/mol. The molecule has 0 saturated heterocycles. The lowest BCUT2D eigenvalue weighted by Gasteiger charge is -2.10. The molecule has 1 aliphatic rings. The van der Waals surface area contributed by atoms with Gasteiger partial charge in [0.25, 0.3) is 0 Å². The molecule has 1 fully saturated rings. The van der Waals surface area contributed by atoms with Gasteiger partial charge in [0.2, 0.25) is 5.88 Å². The summed E-state index contributed by atoms with van der Waals surface area (Å²) in [7, 11) is 0. The van der Waals surface area contributed by atoms with Crippen molar-refractivity contribution in [1.29, 1.82) is 0 Å². The van der Waals surface area contributed by atoms with Gasteiger partial charge in [-0.1, -0.05) is 6.92 Å². The van der Waals surface area contributed by atoms with E-state index in [1.54, 1.807) is 0 Å². The first-order chi connectivity index (χ1) is 9.83. The van der Waals surface area contributed by atoms with Crippen molar-refractivity contribution in [3.8, 4) is 5.88 Å². The van der Waals surface area contributed by atoms with E-state index in [9.17, 15) is 0 Å². The minimum atomic E-state index is 0.532. The number of nitrogens with zero attached hydrogens (tertiary/aromatic N) is 2. The lowest BCUT2D eigenvalue weighted by molar-refractivity contribution is 0.147. The van der Waals surface area contributed by atoms with Gasteiger partial charge < -0.3 is 14.8 Å². The molecule has 1 aliphatic carbocycles. The lowest BCUT2D eigenvalue weighted by Crippen LogP contribution is -2.09. The van der Waals surface area contributed by atoms with Gasteiger partial charge in [-0.3, -0.25) is 0 Å². The predicted octanol–water partition coefficient (Wildman–Crippen LogP) is 2.98. The summed E-state index contributed by atoms with van der Waals surface area (Å²) in [4.78, 5) is 9.07. The Bertz CT molecular complexity index is 408. The summed E-state index contributed by atoms with van der Waals surface area (Å²) >= 11 is 0. The molecule has 1 N–H and O–H groups in total. The topological polar surface area (TPSA) is 56.3 Å². The van der Waals surface area contributed by atoms with Crippen LogP contribution in [0.5, 0.6) is 5.88 Å². The zero-order valence-electron chi connectivity index (χ0n) is 12.5. The van der Waals surface area contributed by atoms with Crippen molar-refractivity contribution in [2.45, 2.75) is 45.4 Å². The van der Waals surface area contributed by atoms with E-state index in [2.05, 4.69) is 22.2 Å². The number of ether oxygens (including phenoxy) is 2. The van der Waals surface area contributed by atoms with Crippen LogP contribution < -0.4 is 10.1 Å². The van der Waals surface area contributed by atoms with E-state index in [0.29, 0.717) is 18.4 Å². The molecule has 2 rings (SSSR count). The second-order valence-corrected chi connectivity index (χ2v) is 5.05. The molecule has 0 radical (unpaired) electrons. The first kappa shape index (κ1) is 15.0. The van der Waals surface area contributed by atoms with Crippen LogP contribution >= 0.6 is 0 Å². The summed E-state index contributed by atoms with van der Waals surface area (Å²) in [6, 6.07) is 1.89. The van der Waals surface area contributed by atoms with Gasteiger partial charge >= 0.3 is 0 Å². The van der Waals surface area contributed by atoms with Crippen molar-refractivity contribution in [2.24, 2.45) is 0 Å². The second-order valence-electron chi connectivity index (χ2n) is 5.05. The van der Waals surface area contributed by atoms with Crippen molar-refractivity contribution in [2.75, 3.05) is 31.7 Å². The quantitative estimate of drug-likeness (QED) is 0.667. The maximum atomic E-state index is 5.64. The van der Waals surface area contributed by atoms with Crippen LogP contribution in [0.15, 0.2) is 6.07 Å². The van der Waals surface area contributed by atoms with Gasteiger partial charge in [0, 0.05) is 31.7 Å². The van der Waals surface area contributed by atoms with E-state index >= 15 is 0 Å². The monoisotopic (exact) mass is 279 g/mol. The number of anilines is 1. The average Bonchev–Trinajstić information content (AvgIpc) is 3.29. The fourth-order valence-corrected chi connectivity index (χ4v) is 1.87. The number of hydrogen-bond acceptors (Lipinski definition) is 5. The minimum absolute atomic E-state index is 0.532. The van der Waals surface area contributed by atoms with Crippen molar-refractivity contribution in [3.05, 3.63) is 11.9 Å². The Balaban J connectivity index is 1.90. The van der Waals surface area contributed by atoms with E-state index in [1.165, 1.54) is 12.8 Å². The van der Waals surface area contributed by atoms with Gasteiger partial charge in [-0.2, -0.15) is 4.98 Å². The van der Waals surface area contributed by atoms with Crippen LogP contribution in [0.3, 0.4) is 0 Å². The van der Waals surface area contributed by atoms with Crippen molar-refractivity contribution in [1.82, 2.24) is 9.97 Å². The summed E-state index contributed by atoms with van der Waals surface area (Å²) < 4.78 is 11.0. The fraction of sp³-hybridized carbons (Fsp3) is 0.733. The van der Waals surface area contributed by atoms with E-state index in [-0.39, 0.29) is 0 Å². The van der Waals surface area contributed by atoms with Gasteiger partial charge in [-0.25, -0.2) is 4.98 Å². The van der Waals surface area contributed by atoms with E-state index < -0.39 is 0 Å². The number of rotatable bonds is 10. The average molecular weight is 279 g/mol. The molecule has 0 atom stereocenters. The maximum Gasteiger partial charge on any atom is 0.218 e. The molecule has 0 aliphatic heterocycles. The largest absolute Gasteiger partial charge is 0.478 e. The normalized spacial score (nSPS) is 14.3. The maximum absolute atomic E-state index is 5.64. The Morgan fingerprint density at radius 2 is 2.10 bits per heavy atom. The van der Waals surface area contributed by atoms with Crippen LogP contribution in [0.4, 0.5) is 5.82 Å². The molecule has 1 heterocycles. The Labute approximate surface area is 121 Å². The third-order valence-electron chi connectivity index (χ3n) is 3.09. The zero-order valence-corrected chi connectivity index (χ0v) is 12.5. The van der Waals surface area contributed by atoms with Crippen LogP contribution in [-0.2, 0) is 4.74 Å². The molecule has 5 heteroatoms. The number of hydrogen-bond donors (Lipinski definition) is 1. The van der Waals surface area contributed by atoms with E-state index in [1.807, 2.05) is 13.0 Å². The minimum Gasteiger partial charge on any atom is -0.478 e. The van der Waals surface area contributed by atoms with Crippen molar-refractivity contribution in [3.63, 3.8) is 0 Å². The highest BCUT2D eigenvalue weighted by Gasteiger charge is 2.27. The van der Waals surface area contributed by atoms with E-state index in [0.717, 1.165) is 44.2 Å². The smallest absolute Gasteiger partial charge is 0.218 e. The number of aromatic nitrogens is 2. The molecule has 112 valence electrons. The highest BCUT2D eigenvalue weighted by molar-refractivity contribution is 5.39. The summed E-state index contributed by atoms with van der Waals surface area (Å²) in [5.74, 6) is 3.01. The van der Waals surface area contributed by atoms with Gasteiger partial charge in [0.15, 0.2) is 0 Å². The van der Waals surface area contributed by atoms with Crippen LogP contribution in [0.1, 0.15) is 51.3 Å². The molecule has 0 unspecified atom stereocenters. The van der Waals surface area contributed by atoms with Gasteiger partial charge in [0.1, 0.15) is 11.6 Å². The molecular formula is C15H25N3O2. The highest BCUT2D eigenvalue weighted by Crippen LogP contribution is 2.39. The standard InChI is InChI=1S/C15H25N3O2/c1-3-9-20-14-11-13(16-8-5-10-19-4-2)17-15(18-14)12-6-7-12/h11-12H,3-10H2,1-2H3,(H,16,17,18). The fourth-order valence-electron chi connectivity index (χ4n) is 1.87. The first-order valence-electron chi connectivity index (χ1n) is 7.66. The Morgan fingerprint density at radius 1 is 1.25 bits per heavy atom. The van der Waals surface area contributed by atoms with Crippen LogP contribution in [0.25, 0.3) is 0 Å². The molecule has 1 aromatic rings. The van der Waals surface area contributed by atoms with Crippen LogP contribution in [0, 0.1) is 0 Å². The summed E-state index contributed by atoms with van der Waals surface area (Å²) in [5.41, 5.74) is 0. The lowest BCUT2D eigenvalue weighted by atomic mass is 10.3. The molecule has 5 nitrogen and oxygen atoms in total. The summed E-state index contributed by atoms with van der Waals surface area (Å²) in [6.45, 7) is 7.21. The molecule has 0 bridgehead atoms. The third-order valence-corrected chi connectivity index (χ3v) is 3.09. The van der Waals surface area contributed by atoms with Gasteiger partial charge in [-0.15, -0.1) is 0 Å². The Kier molecular flexibility index (Phi) is 6.05.